The van der Waals surface area contributed by atoms with E-state index in [2.05, 4.69) is 28.0 Å². The van der Waals surface area contributed by atoms with Crippen LogP contribution in [0.2, 0.25) is 0 Å². The van der Waals surface area contributed by atoms with Crippen molar-refractivity contribution in [1.82, 2.24) is 9.88 Å². The minimum atomic E-state index is -0.170. The summed E-state index contributed by atoms with van der Waals surface area (Å²) >= 11 is 1.77. The normalized spacial score (nSPS) is 16.5. The zero-order valence-electron chi connectivity index (χ0n) is 13.5. The topological polar surface area (TPSA) is 19.4 Å². The van der Waals surface area contributed by atoms with Crippen molar-refractivity contribution < 1.29 is 4.39 Å². The van der Waals surface area contributed by atoms with Crippen molar-refractivity contribution in [3.8, 4) is 0 Å². The number of hydrogen-bond acceptors (Lipinski definition) is 4. The lowest BCUT2D eigenvalue weighted by molar-refractivity contribution is 0.285. The first-order valence-corrected chi connectivity index (χ1v) is 9.17. The predicted molar refractivity (Wildman–Crippen MR) is 98.1 cm³/mol. The van der Waals surface area contributed by atoms with Crippen molar-refractivity contribution in [2.45, 2.75) is 13.0 Å². The van der Waals surface area contributed by atoms with Crippen molar-refractivity contribution in [3.05, 3.63) is 59.9 Å². The predicted octanol–water partition coefficient (Wildman–Crippen LogP) is 4.15. The first-order chi connectivity index (χ1) is 11.8. The van der Waals surface area contributed by atoms with Crippen molar-refractivity contribution in [1.29, 1.82) is 0 Å². The average molecular weight is 341 g/mol. The van der Waals surface area contributed by atoms with Crippen molar-refractivity contribution >= 4 is 26.7 Å². The number of rotatable bonds is 3. The van der Waals surface area contributed by atoms with Crippen molar-refractivity contribution in [2.24, 2.45) is 0 Å². The molecule has 0 unspecified atom stereocenters. The summed E-state index contributed by atoms with van der Waals surface area (Å²) in [5, 5.41) is 1.12. The lowest BCUT2D eigenvalue weighted by Crippen LogP contribution is -2.30. The molecule has 0 radical (unpaired) electrons. The molecule has 0 atom stereocenters. The van der Waals surface area contributed by atoms with Crippen LogP contribution in [-0.2, 0) is 6.54 Å². The summed E-state index contributed by atoms with van der Waals surface area (Å²) in [6, 6.07) is 15.2. The zero-order valence-corrected chi connectivity index (χ0v) is 14.3. The van der Waals surface area contributed by atoms with Gasteiger partial charge in [0.15, 0.2) is 5.13 Å². The molecule has 0 amide bonds. The second-order valence-electron chi connectivity index (χ2n) is 6.21. The summed E-state index contributed by atoms with van der Waals surface area (Å²) in [6.45, 7) is 4.99. The highest BCUT2D eigenvalue weighted by atomic mass is 32.1. The summed E-state index contributed by atoms with van der Waals surface area (Å²) in [4.78, 5) is 9.62. The highest BCUT2D eigenvalue weighted by Gasteiger charge is 2.18. The Labute approximate surface area is 145 Å². The second-order valence-corrected chi connectivity index (χ2v) is 7.22. The van der Waals surface area contributed by atoms with Gasteiger partial charge in [-0.2, -0.15) is 0 Å². The molecule has 1 aromatic heterocycles. The highest BCUT2D eigenvalue weighted by Crippen LogP contribution is 2.29. The van der Waals surface area contributed by atoms with Crippen molar-refractivity contribution in [3.63, 3.8) is 0 Å². The average Bonchev–Trinajstić information content (AvgIpc) is 2.90. The van der Waals surface area contributed by atoms with E-state index < -0.39 is 0 Å². The maximum absolute atomic E-state index is 13.0. The van der Waals surface area contributed by atoms with E-state index in [-0.39, 0.29) is 5.82 Å². The fourth-order valence-electron chi connectivity index (χ4n) is 3.16. The van der Waals surface area contributed by atoms with E-state index in [0.29, 0.717) is 0 Å². The number of anilines is 1. The number of hydrogen-bond donors (Lipinski definition) is 0. The molecule has 0 aliphatic carbocycles. The number of aromatic nitrogens is 1. The van der Waals surface area contributed by atoms with E-state index in [1.165, 1.54) is 10.3 Å². The molecule has 3 aromatic rings. The second kappa shape index (κ2) is 6.87. The van der Waals surface area contributed by atoms with Crippen LogP contribution in [0.4, 0.5) is 9.52 Å². The van der Waals surface area contributed by atoms with Crippen LogP contribution in [0.25, 0.3) is 10.2 Å². The molecule has 0 spiro atoms. The van der Waals surface area contributed by atoms with Gasteiger partial charge < -0.3 is 4.90 Å². The summed E-state index contributed by atoms with van der Waals surface area (Å²) in [5.74, 6) is -0.170. The van der Waals surface area contributed by atoms with Gasteiger partial charge in [0, 0.05) is 32.7 Å². The van der Waals surface area contributed by atoms with Crippen LogP contribution in [0.3, 0.4) is 0 Å². The van der Waals surface area contributed by atoms with Gasteiger partial charge in [-0.05, 0) is 36.2 Å². The molecule has 3 nitrogen and oxygen atoms in total. The third-order valence-corrected chi connectivity index (χ3v) is 5.56. The Hall–Kier alpha value is -1.98. The Morgan fingerprint density at radius 2 is 1.79 bits per heavy atom. The number of fused-ring (bicyclic) bond motifs is 1. The van der Waals surface area contributed by atoms with E-state index in [1.54, 1.807) is 23.5 Å². The molecule has 1 aliphatic heterocycles. The molecular formula is C19H20FN3S. The van der Waals surface area contributed by atoms with Crippen LogP contribution in [0.1, 0.15) is 12.0 Å². The quantitative estimate of drug-likeness (QED) is 0.713. The van der Waals surface area contributed by atoms with Gasteiger partial charge in [-0.3, -0.25) is 4.90 Å². The van der Waals surface area contributed by atoms with Crippen LogP contribution in [0.5, 0.6) is 0 Å². The fraction of sp³-hybridized carbons (Fsp3) is 0.316. The van der Waals surface area contributed by atoms with Gasteiger partial charge in [0.25, 0.3) is 0 Å². The van der Waals surface area contributed by atoms with Gasteiger partial charge in [-0.1, -0.05) is 35.6 Å². The monoisotopic (exact) mass is 341 g/mol. The molecule has 4 rings (SSSR count). The van der Waals surface area contributed by atoms with Gasteiger partial charge in [0.1, 0.15) is 5.82 Å². The van der Waals surface area contributed by atoms with Crippen LogP contribution in [0.15, 0.2) is 48.5 Å². The molecule has 0 N–H and O–H groups in total. The van der Waals surface area contributed by atoms with Crippen LogP contribution in [-0.4, -0.2) is 36.1 Å². The summed E-state index contributed by atoms with van der Waals surface area (Å²) in [6.07, 6.45) is 1.12. The van der Waals surface area contributed by atoms with E-state index in [9.17, 15) is 4.39 Å². The Balaban J connectivity index is 1.43. The first kappa shape index (κ1) is 15.5. The zero-order chi connectivity index (χ0) is 16.4. The van der Waals surface area contributed by atoms with Gasteiger partial charge in [0.05, 0.1) is 10.2 Å². The number of para-hydroxylation sites is 1. The van der Waals surface area contributed by atoms with Crippen LogP contribution < -0.4 is 4.90 Å². The Bertz CT molecular complexity index is 782. The molecule has 2 heterocycles. The largest absolute Gasteiger partial charge is 0.347 e. The number of halogens is 1. The molecule has 0 bridgehead atoms. The van der Waals surface area contributed by atoms with Gasteiger partial charge in [-0.15, -0.1) is 0 Å². The Kier molecular flexibility index (Phi) is 4.45. The van der Waals surface area contributed by atoms with Gasteiger partial charge >= 0.3 is 0 Å². The molecule has 124 valence electrons. The van der Waals surface area contributed by atoms with E-state index in [4.69, 9.17) is 4.98 Å². The van der Waals surface area contributed by atoms with Gasteiger partial charge in [-0.25, -0.2) is 9.37 Å². The third kappa shape index (κ3) is 3.42. The smallest absolute Gasteiger partial charge is 0.186 e. The molecule has 1 fully saturated rings. The molecular weight excluding hydrogens is 321 g/mol. The molecule has 1 saturated heterocycles. The number of nitrogens with zero attached hydrogens (tertiary/aromatic N) is 3. The number of thiazole rings is 1. The maximum atomic E-state index is 13.0. The first-order valence-electron chi connectivity index (χ1n) is 8.35. The maximum Gasteiger partial charge on any atom is 0.186 e. The van der Waals surface area contributed by atoms with E-state index >= 15 is 0 Å². The van der Waals surface area contributed by atoms with E-state index in [0.717, 1.165) is 49.8 Å². The molecule has 0 saturated carbocycles. The summed E-state index contributed by atoms with van der Waals surface area (Å²) < 4.78 is 14.3. The van der Waals surface area contributed by atoms with E-state index in [1.807, 2.05) is 18.2 Å². The fourth-order valence-corrected chi connectivity index (χ4v) is 4.18. The SMILES string of the molecule is Fc1ccc(CN2CCCN(c3nc4ccccc4s3)CC2)cc1. The highest BCUT2D eigenvalue weighted by molar-refractivity contribution is 7.22. The lowest BCUT2D eigenvalue weighted by Gasteiger charge is -2.21. The molecule has 2 aromatic carbocycles. The van der Waals surface area contributed by atoms with Crippen LogP contribution in [0, 0.1) is 5.82 Å². The third-order valence-electron chi connectivity index (χ3n) is 4.46. The Morgan fingerprint density at radius 3 is 2.62 bits per heavy atom. The summed E-state index contributed by atoms with van der Waals surface area (Å²) in [5.41, 5.74) is 2.26. The molecule has 5 heteroatoms. The van der Waals surface area contributed by atoms with Crippen LogP contribution >= 0.6 is 11.3 Å². The lowest BCUT2D eigenvalue weighted by atomic mass is 10.2. The van der Waals surface area contributed by atoms with Crippen molar-refractivity contribution in [2.75, 3.05) is 31.1 Å². The standard InChI is InChI=1S/C19H20FN3S/c20-16-8-6-15(7-9-16)14-22-10-3-11-23(13-12-22)19-21-17-4-1-2-5-18(17)24-19/h1-2,4-9H,3,10-14H2. The van der Waals surface area contributed by atoms with Gasteiger partial charge in [0.2, 0.25) is 0 Å². The number of benzene rings is 2. The molecule has 1 aliphatic rings. The molecule has 24 heavy (non-hydrogen) atoms. The minimum Gasteiger partial charge on any atom is -0.347 e. The summed E-state index contributed by atoms with van der Waals surface area (Å²) in [7, 11) is 0. The Morgan fingerprint density at radius 1 is 0.958 bits per heavy atom. The minimum absolute atomic E-state index is 0.170.